The van der Waals surface area contributed by atoms with E-state index < -0.39 is 100 Å². The molecule has 0 bridgehead atoms. The fourth-order valence-corrected chi connectivity index (χ4v) is 10.0. The molecule has 0 radical (unpaired) electrons. The molecule has 1 saturated heterocycles. The number of aliphatic hydroxyl groups excluding tert-OH is 2. The highest BCUT2D eigenvalue weighted by atomic mass is 19.1. The lowest BCUT2D eigenvalue weighted by Gasteiger charge is -2.62. The van der Waals surface area contributed by atoms with Gasteiger partial charge in [0.2, 0.25) is 5.78 Å². The van der Waals surface area contributed by atoms with Gasteiger partial charge in [-0.25, -0.2) is 9.18 Å². The third kappa shape index (κ3) is 4.64. The lowest BCUT2D eigenvalue weighted by atomic mass is 9.44. The number of ether oxygens (including phenoxy) is 1. The Morgan fingerprint density at radius 2 is 1.57 bits per heavy atom. The summed E-state index contributed by atoms with van der Waals surface area (Å²) in [6, 6.07) is 0. The van der Waals surface area contributed by atoms with E-state index >= 15 is 4.39 Å². The molecule has 252 valence electrons. The van der Waals surface area contributed by atoms with E-state index in [-0.39, 0.29) is 44.9 Å². The van der Waals surface area contributed by atoms with Crippen molar-refractivity contribution in [2.75, 3.05) is 6.61 Å². The summed E-state index contributed by atoms with van der Waals surface area (Å²) in [4.78, 5) is 67.8. The Labute approximate surface area is 267 Å². The molecule has 1 unspecified atom stereocenters. The third-order valence-electron chi connectivity index (χ3n) is 12.7. The van der Waals surface area contributed by atoms with Gasteiger partial charge < -0.3 is 24.9 Å². The van der Waals surface area contributed by atoms with Gasteiger partial charge in [0.15, 0.2) is 12.3 Å². The lowest BCUT2D eigenvalue weighted by molar-refractivity contribution is -0.220. The number of alkyl halides is 1. The summed E-state index contributed by atoms with van der Waals surface area (Å²) in [5.41, 5.74) is -5.55. The van der Waals surface area contributed by atoms with E-state index in [4.69, 9.17) is 9.57 Å². The van der Waals surface area contributed by atoms with Crippen molar-refractivity contribution < 1.29 is 53.3 Å². The molecule has 46 heavy (non-hydrogen) atoms. The van der Waals surface area contributed by atoms with Crippen molar-refractivity contribution in [3.8, 4) is 0 Å². The Morgan fingerprint density at radius 3 is 2.20 bits per heavy atom. The quantitative estimate of drug-likeness (QED) is 0.222. The summed E-state index contributed by atoms with van der Waals surface area (Å²) in [6.07, 6.45) is 4.81. The average Bonchev–Trinajstić information content (AvgIpc) is 3.44. The van der Waals surface area contributed by atoms with Crippen LogP contribution in [0.1, 0.15) is 85.0 Å². The molecule has 2 amide bonds. The van der Waals surface area contributed by atoms with Crippen LogP contribution in [-0.2, 0) is 33.5 Å². The number of ketones is 1. The minimum absolute atomic E-state index is 0.00381. The monoisotopic (exact) mass is 645 g/mol. The Balaban J connectivity index is 1.09. The number of carbonyl (C=O) groups is 5. The largest absolute Gasteiger partial charge is 0.457 e. The highest BCUT2D eigenvalue weighted by molar-refractivity contribution is 6.01. The highest BCUT2D eigenvalue weighted by Gasteiger charge is 2.75. The van der Waals surface area contributed by atoms with E-state index in [0.717, 1.165) is 5.57 Å². The van der Waals surface area contributed by atoms with Crippen LogP contribution in [0.25, 0.3) is 0 Å². The Hall–Kier alpha value is -2.96. The third-order valence-corrected chi connectivity index (χ3v) is 12.7. The van der Waals surface area contributed by atoms with Gasteiger partial charge in [0.05, 0.1) is 24.0 Å². The van der Waals surface area contributed by atoms with Gasteiger partial charge in [-0.1, -0.05) is 37.6 Å². The molecule has 1 heterocycles. The van der Waals surface area contributed by atoms with E-state index in [9.17, 15) is 39.3 Å². The van der Waals surface area contributed by atoms with Crippen LogP contribution in [0.3, 0.4) is 0 Å². The van der Waals surface area contributed by atoms with Gasteiger partial charge in [0.25, 0.3) is 11.8 Å². The fourth-order valence-electron chi connectivity index (χ4n) is 10.0. The van der Waals surface area contributed by atoms with E-state index in [2.05, 4.69) is 0 Å². The van der Waals surface area contributed by atoms with E-state index in [1.165, 1.54) is 6.08 Å². The van der Waals surface area contributed by atoms with E-state index in [0.29, 0.717) is 24.3 Å². The summed E-state index contributed by atoms with van der Waals surface area (Å²) in [7, 11) is 0. The smallest absolute Gasteiger partial charge is 0.336 e. The Morgan fingerprint density at radius 1 is 0.957 bits per heavy atom. The maximum absolute atomic E-state index is 17.4. The van der Waals surface area contributed by atoms with Gasteiger partial charge >= 0.3 is 11.9 Å². The van der Waals surface area contributed by atoms with Gasteiger partial charge in [-0.05, 0) is 70.1 Å². The summed E-state index contributed by atoms with van der Waals surface area (Å²) in [5.74, 6) is -5.94. The molecule has 3 N–H and O–H groups in total. The number of aliphatic hydroxyl groups is 3. The molecule has 5 aliphatic carbocycles. The molecule has 0 aromatic rings. The molecule has 4 saturated carbocycles. The number of Topliss-reactive ketones (excluding diaryl/α,β-unsaturated/α-hetero) is 1. The van der Waals surface area contributed by atoms with Gasteiger partial charge in [0.1, 0.15) is 5.60 Å². The molecule has 11 nitrogen and oxygen atoms in total. The molecule has 6 aliphatic rings. The number of carbonyl (C=O) groups excluding carboxylic acids is 5. The van der Waals surface area contributed by atoms with Gasteiger partial charge in [-0.2, -0.15) is 0 Å². The van der Waals surface area contributed by atoms with Crippen LogP contribution in [0.4, 0.5) is 4.39 Å². The summed E-state index contributed by atoms with van der Waals surface area (Å²) in [5, 5.41) is 34.3. The van der Waals surface area contributed by atoms with Crippen LogP contribution in [-0.4, -0.2) is 80.0 Å². The number of rotatable bonds is 6. The normalized spacial score (nSPS) is 45.0. The second-order valence-electron chi connectivity index (χ2n) is 14.9. The van der Waals surface area contributed by atoms with Crippen LogP contribution in [0.5, 0.6) is 0 Å². The van der Waals surface area contributed by atoms with Crippen LogP contribution in [0, 0.1) is 40.4 Å². The molecule has 1 aliphatic heterocycles. The van der Waals surface area contributed by atoms with Crippen LogP contribution < -0.4 is 0 Å². The molecular formula is C34H44FNO10. The number of fused-ring (bicyclic) bond motifs is 5. The minimum atomic E-state index is -2.05. The number of hydrogen-bond donors (Lipinski definition) is 3. The molecule has 0 aromatic carbocycles. The summed E-state index contributed by atoms with van der Waals surface area (Å²) < 4.78 is 22.8. The predicted molar refractivity (Wildman–Crippen MR) is 157 cm³/mol. The molecule has 0 aromatic heterocycles. The van der Waals surface area contributed by atoms with Crippen LogP contribution in [0.2, 0.25) is 0 Å². The number of imide groups is 1. The highest BCUT2D eigenvalue weighted by Crippen LogP contribution is 2.70. The van der Waals surface area contributed by atoms with Crippen molar-refractivity contribution in [3.05, 3.63) is 23.8 Å². The van der Waals surface area contributed by atoms with Crippen molar-refractivity contribution in [3.63, 3.8) is 0 Å². The number of allylic oxidation sites excluding steroid dienone is 2. The predicted octanol–water partition coefficient (Wildman–Crippen LogP) is 2.65. The van der Waals surface area contributed by atoms with Gasteiger partial charge in [-0.3, -0.25) is 19.2 Å². The summed E-state index contributed by atoms with van der Waals surface area (Å²) >= 11 is 0. The molecule has 5 fully saturated rings. The number of halogens is 1. The zero-order valence-corrected chi connectivity index (χ0v) is 26.6. The van der Waals surface area contributed by atoms with Crippen molar-refractivity contribution >= 4 is 29.5 Å². The first kappa shape index (κ1) is 33.0. The minimum Gasteiger partial charge on any atom is -0.457 e. The van der Waals surface area contributed by atoms with Crippen molar-refractivity contribution in [1.29, 1.82) is 0 Å². The van der Waals surface area contributed by atoms with Gasteiger partial charge in [-0.15, -0.1) is 5.06 Å². The number of nitrogens with zero attached hydrogens (tertiary/aromatic N) is 1. The van der Waals surface area contributed by atoms with Crippen LogP contribution >= 0.6 is 0 Å². The molecule has 12 heteroatoms. The molecule has 9 atom stereocenters. The first-order valence-electron chi connectivity index (χ1n) is 16.5. The lowest BCUT2D eigenvalue weighted by Crippen LogP contribution is -2.69. The second kappa shape index (κ2) is 11.3. The summed E-state index contributed by atoms with van der Waals surface area (Å²) in [6.45, 7) is 4.56. The zero-order valence-electron chi connectivity index (χ0n) is 26.6. The number of amides is 2. The zero-order chi connectivity index (χ0) is 33.4. The Kier molecular flexibility index (Phi) is 8.12. The number of hydroxylamine groups is 2. The van der Waals surface area contributed by atoms with E-state index in [1.54, 1.807) is 32.9 Å². The van der Waals surface area contributed by atoms with Crippen molar-refractivity contribution in [1.82, 2.24) is 5.06 Å². The number of esters is 1. The maximum atomic E-state index is 17.4. The topological polar surface area (TPSA) is 168 Å². The van der Waals surface area contributed by atoms with Crippen LogP contribution in [0.15, 0.2) is 23.8 Å². The fraction of sp³-hybridized carbons (Fsp3) is 0.735. The van der Waals surface area contributed by atoms with Crippen molar-refractivity contribution in [2.45, 2.75) is 108 Å². The van der Waals surface area contributed by atoms with Gasteiger partial charge in [0, 0.05) is 29.6 Å². The SMILES string of the molecule is C[C@@H]1C[C@H]2[C@@H]3CCC4=CC(O)C=C[C@]4(C)[C@@]3(F)[C@@H](O)C[C@]2(C)[C@@]1(O)C(=O)COC(=O)[C@H]1CC[C@H](C(=O)ON2C(=O)CCC2=O)CC1. The number of hydrogen-bond acceptors (Lipinski definition) is 10. The molecule has 0 spiro atoms. The first-order valence-corrected chi connectivity index (χ1v) is 16.5. The maximum Gasteiger partial charge on any atom is 0.336 e. The first-order chi connectivity index (χ1) is 21.6. The average molecular weight is 646 g/mol. The molecular weight excluding hydrogens is 601 g/mol. The Bertz CT molecular complexity index is 1390. The van der Waals surface area contributed by atoms with Crippen molar-refractivity contribution in [2.24, 2.45) is 40.4 Å². The molecule has 6 rings (SSSR count). The van der Waals surface area contributed by atoms with E-state index in [1.807, 2.05) is 0 Å². The second-order valence-corrected chi connectivity index (χ2v) is 14.9. The standard InChI is InChI=1S/C34H44FNO10/c1-18-14-24-23-9-8-21-15-22(37)12-13-31(21,2)33(23,35)25(38)16-32(24,3)34(18,44)26(39)17-45-29(42)19-4-6-20(7-5-19)30(43)46-36-27(40)10-11-28(36)41/h12-13,15,18-20,22-25,37-38,44H,4-11,14,16-17H2,1-3H3/t18-,19-,20-,22?,23+,24+,25+,31+,32+,33+,34+/m1/s1.